The van der Waals surface area contributed by atoms with Gasteiger partial charge in [0.15, 0.2) is 5.13 Å². The molecule has 1 N–H and O–H groups in total. The van der Waals surface area contributed by atoms with Crippen LogP contribution in [0, 0.1) is 5.92 Å². The van der Waals surface area contributed by atoms with Gasteiger partial charge in [-0.15, -0.1) is 11.3 Å². The van der Waals surface area contributed by atoms with E-state index < -0.39 is 24.2 Å². The van der Waals surface area contributed by atoms with E-state index in [4.69, 9.17) is 19.4 Å². The number of hydrogen-bond acceptors (Lipinski definition) is 8. The minimum Gasteiger partial charge on any atom is -0.488 e. The van der Waals surface area contributed by atoms with Gasteiger partial charge < -0.3 is 19.7 Å². The van der Waals surface area contributed by atoms with Crippen LogP contribution in [-0.4, -0.2) is 58.6 Å². The van der Waals surface area contributed by atoms with E-state index in [0.29, 0.717) is 12.2 Å². The summed E-state index contributed by atoms with van der Waals surface area (Å²) in [4.78, 5) is 38.4. The number of benzene rings is 2. The van der Waals surface area contributed by atoms with Crippen LogP contribution in [0.5, 0.6) is 5.75 Å². The number of esters is 1. The second-order valence-electron chi connectivity index (χ2n) is 11.8. The number of carbonyl (C=O) groups is 2. The number of hydrogen-bond donors (Lipinski definition) is 1. The number of nitrogens with one attached hydrogen (secondary N) is 1. The molecular weight excluding hydrogens is 560 g/mol. The molecule has 2 aromatic heterocycles. The molecule has 0 unspecified atom stereocenters. The first-order valence-corrected chi connectivity index (χ1v) is 16.0. The van der Waals surface area contributed by atoms with Crippen LogP contribution in [0.2, 0.25) is 0 Å². The monoisotopic (exact) mass is 598 g/mol. The number of carbonyl (C=O) groups excluding carboxylic acids is 2. The maximum atomic E-state index is 14.1. The molecule has 0 aliphatic carbocycles. The van der Waals surface area contributed by atoms with Crippen molar-refractivity contribution in [3.63, 3.8) is 0 Å². The third-order valence-corrected chi connectivity index (χ3v) is 9.20. The van der Waals surface area contributed by atoms with Crippen molar-refractivity contribution < 1.29 is 19.1 Å². The number of nitrogens with zero attached hydrogens (tertiary/aromatic N) is 3. The number of amides is 1. The van der Waals surface area contributed by atoms with Crippen molar-refractivity contribution in [1.82, 2.24) is 14.9 Å². The van der Waals surface area contributed by atoms with Gasteiger partial charge in [0.1, 0.15) is 23.9 Å². The molecule has 0 spiro atoms. The molecule has 224 valence electrons. The lowest BCUT2D eigenvalue weighted by molar-refractivity contribution is -0.151. The van der Waals surface area contributed by atoms with Gasteiger partial charge in [0.25, 0.3) is 0 Å². The standard InChI is InChI=1S/C34H38N4O4S/c1-21(2)31-32(39)38-19-25(17-29(38)33(40)41-3)42-30-18-28(23-11-7-5-8-12-23)36-27-15-14-22(16-26(27)30)10-6-4-9-13-24-20-43-34(35-24)37-31/h5,7-8,11-12,14-16,18,20-21,25,29,31H,4,6,9-10,13,17,19H2,1-3H3,(H,35,37)/t25-,29+,31+/m1/s1. The molecule has 6 rings (SSSR count). The van der Waals surface area contributed by atoms with Gasteiger partial charge in [-0.25, -0.2) is 14.8 Å². The van der Waals surface area contributed by atoms with Crippen LogP contribution in [0.15, 0.2) is 60.0 Å². The zero-order chi connectivity index (χ0) is 29.9. The van der Waals surface area contributed by atoms with Crippen LogP contribution in [0.25, 0.3) is 22.2 Å². The fraction of sp³-hybridized carbons (Fsp3) is 0.412. The third-order valence-electron chi connectivity index (χ3n) is 8.38. The molecule has 3 atom stereocenters. The van der Waals surface area contributed by atoms with Crippen LogP contribution < -0.4 is 10.1 Å². The lowest BCUT2D eigenvalue weighted by Crippen LogP contribution is -2.50. The summed E-state index contributed by atoms with van der Waals surface area (Å²) in [5.74, 6) is 0.0915. The highest BCUT2D eigenvalue weighted by Gasteiger charge is 2.44. The van der Waals surface area contributed by atoms with Crippen LogP contribution in [0.3, 0.4) is 0 Å². The number of pyridine rings is 1. The van der Waals surface area contributed by atoms with E-state index in [1.807, 2.05) is 50.2 Å². The maximum absolute atomic E-state index is 14.1. The van der Waals surface area contributed by atoms with Gasteiger partial charge in [-0.3, -0.25) is 4.79 Å². The van der Waals surface area contributed by atoms with Crippen molar-refractivity contribution in [3.8, 4) is 17.0 Å². The Morgan fingerprint density at radius 1 is 1.07 bits per heavy atom. The largest absolute Gasteiger partial charge is 0.488 e. The average Bonchev–Trinajstić information content (AvgIpc) is 3.66. The van der Waals surface area contributed by atoms with E-state index in [-0.39, 0.29) is 18.4 Å². The first-order chi connectivity index (χ1) is 20.9. The SMILES string of the molecule is COC(=O)[C@@H]1C[C@@H]2CN1C(=O)[C@H](C(C)C)Nc1nc(cs1)CCCCCc1ccc3nc(-c4ccccc4)cc(c3c1)O2. The summed E-state index contributed by atoms with van der Waals surface area (Å²) in [6.45, 7) is 4.28. The predicted molar refractivity (Wildman–Crippen MR) is 169 cm³/mol. The summed E-state index contributed by atoms with van der Waals surface area (Å²) in [6, 6.07) is 17.2. The number of aromatic nitrogens is 2. The third kappa shape index (κ3) is 6.37. The first kappa shape index (κ1) is 29.1. The molecule has 0 radical (unpaired) electrons. The van der Waals surface area contributed by atoms with Crippen LogP contribution in [0.1, 0.15) is 50.8 Å². The molecule has 43 heavy (non-hydrogen) atoms. The Hall–Kier alpha value is -3.98. The van der Waals surface area contributed by atoms with Crippen molar-refractivity contribution in [3.05, 3.63) is 71.2 Å². The molecule has 1 saturated heterocycles. The molecule has 4 aromatic rings. The zero-order valence-electron chi connectivity index (χ0n) is 24.9. The minimum atomic E-state index is -0.736. The topological polar surface area (TPSA) is 93.7 Å². The maximum Gasteiger partial charge on any atom is 0.328 e. The average molecular weight is 599 g/mol. The molecule has 8 nitrogen and oxygen atoms in total. The number of aryl methyl sites for hydroxylation is 2. The van der Waals surface area contributed by atoms with E-state index in [1.165, 1.54) is 24.0 Å². The van der Waals surface area contributed by atoms with E-state index in [0.717, 1.165) is 65.1 Å². The number of anilines is 1. The van der Waals surface area contributed by atoms with Crippen molar-refractivity contribution in [2.24, 2.45) is 5.92 Å². The number of thiazole rings is 1. The van der Waals surface area contributed by atoms with E-state index >= 15 is 0 Å². The van der Waals surface area contributed by atoms with Crippen LogP contribution >= 0.6 is 11.3 Å². The van der Waals surface area contributed by atoms with Crippen molar-refractivity contribution in [2.45, 2.75) is 70.6 Å². The highest BCUT2D eigenvalue weighted by molar-refractivity contribution is 7.13. The van der Waals surface area contributed by atoms with Gasteiger partial charge in [-0.1, -0.05) is 56.7 Å². The fourth-order valence-corrected chi connectivity index (χ4v) is 6.83. The Morgan fingerprint density at radius 2 is 1.88 bits per heavy atom. The van der Waals surface area contributed by atoms with Crippen molar-refractivity contribution >= 4 is 39.2 Å². The van der Waals surface area contributed by atoms with Crippen molar-refractivity contribution in [2.75, 3.05) is 19.0 Å². The zero-order valence-corrected chi connectivity index (χ0v) is 25.7. The number of fused-ring (bicyclic) bond motifs is 5. The molecule has 9 heteroatoms. The Bertz CT molecular complexity index is 1600. The Balaban J connectivity index is 1.40. The Labute approximate surface area is 256 Å². The van der Waals surface area contributed by atoms with E-state index in [1.54, 1.807) is 4.90 Å². The molecule has 6 bridgehead atoms. The lowest BCUT2D eigenvalue weighted by atomic mass is 10.0. The number of rotatable bonds is 3. The van der Waals surface area contributed by atoms with Gasteiger partial charge in [-0.2, -0.15) is 0 Å². The Kier molecular flexibility index (Phi) is 8.61. The number of methoxy groups -OCH3 is 1. The minimum absolute atomic E-state index is 0.0248. The molecule has 1 fully saturated rings. The number of ether oxygens (including phenoxy) is 2. The van der Waals surface area contributed by atoms with Crippen molar-refractivity contribution in [1.29, 1.82) is 0 Å². The quantitative estimate of drug-likeness (QED) is 0.277. The van der Waals surface area contributed by atoms with Gasteiger partial charge in [-0.05, 0) is 49.3 Å². The van der Waals surface area contributed by atoms with Gasteiger partial charge in [0.2, 0.25) is 5.91 Å². The van der Waals surface area contributed by atoms with Gasteiger partial charge in [0, 0.05) is 28.8 Å². The first-order valence-electron chi connectivity index (χ1n) is 15.1. The van der Waals surface area contributed by atoms with E-state index in [2.05, 4.69) is 28.9 Å². The summed E-state index contributed by atoms with van der Waals surface area (Å²) in [7, 11) is 1.36. The predicted octanol–water partition coefficient (Wildman–Crippen LogP) is 6.29. The van der Waals surface area contributed by atoms with Crippen LogP contribution in [0.4, 0.5) is 5.13 Å². The smallest absolute Gasteiger partial charge is 0.328 e. The second-order valence-corrected chi connectivity index (χ2v) is 12.7. The molecule has 2 aliphatic rings. The highest BCUT2D eigenvalue weighted by atomic mass is 32.1. The van der Waals surface area contributed by atoms with Gasteiger partial charge >= 0.3 is 5.97 Å². The molecular formula is C34H38N4O4S. The molecule has 2 aliphatic heterocycles. The van der Waals surface area contributed by atoms with E-state index in [9.17, 15) is 9.59 Å². The normalized spacial score (nSPS) is 21.2. The summed E-state index contributed by atoms with van der Waals surface area (Å²) >= 11 is 1.52. The second kappa shape index (κ2) is 12.7. The molecule has 0 saturated carbocycles. The molecule has 1 amide bonds. The summed E-state index contributed by atoms with van der Waals surface area (Å²) in [5, 5.41) is 7.12. The summed E-state index contributed by atoms with van der Waals surface area (Å²) in [6.07, 6.45) is 5.04. The fourth-order valence-electron chi connectivity index (χ4n) is 6.04. The lowest BCUT2D eigenvalue weighted by Gasteiger charge is -2.29. The summed E-state index contributed by atoms with van der Waals surface area (Å²) in [5.41, 5.74) is 4.94. The van der Waals surface area contributed by atoms with Gasteiger partial charge in [0.05, 0.1) is 30.6 Å². The summed E-state index contributed by atoms with van der Waals surface area (Å²) < 4.78 is 11.9. The van der Waals surface area contributed by atoms with Crippen LogP contribution in [-0.2, 0) is 27.2 Å². The Morgan fingerprint density at radius 3 is 2.67 bits per heavy atom. The molecule has 2 aromatic carbocycles. The molecule has 4 heterocycles. The highest BCUT2D eigenvalue weighted by Crippen LogP contribution is 2.34.